The predicted octanol–water partition coefficient (Wildman–Crippen LogP) is 1.63. The third kappa shape index (κ3) is 4.85. The van der Waals surface area contributed by atoms with Gasteiger partial charge in [-0.3, -0.25) is 0 Å². The average Bonchev–Trinajstić information content (AvgIpc) is 2.47. The van der Waals surface area contributed by atoms with E-state index in [-0.39, 0.29) is 18.2 Å². The van der Waals surface area contributed by atoms with Gasteiger partial charge in [0.05, 0.1) is 12.9 Å². The van der Waals surface area contributed by atoms with E-state index in [0.29, 0.717) is 24.9 Å². The lowest BCUT2D eigenvalue weighted by atomic mass is 10.1. The van der Waals surface area contributed by atoms with Gasteiger partial charge < -0.3 is 10.1 Å². The zero-order valence-corrected chi connectivity index (χ0v) is 14.0. The Kier molecular flexibility index (Phi) is 6.93. The summed E-state index contributed by atoms with van der Waals surface area (Å²) < 4.78 is 31.6. The van der Waals surface area contributed by atoms with Crippen LogP contribution in [0.2, 0.25) is 0 Å². The zero-order valence-electron chi connectivity index (χ0n) is 12.4. The number of benzene rings is 1. The summed E-state index contributed by atoms with van der Waals surface area (Å²) in [4.78, 5) is 0. The van der Waals surface area contributed by atoms with Crippen molar-refractivity contribution in [1.82, 2.24) is 9.62 Å². The van der Waals surface area contributed by atoms with Crippen LogP contribution in [0.25, 0.3) is 0 Å². The fraction of sp³-hybridized carbons (Fsp3) is 0.571. The molecule has 21 heavy (non-hydrogen) atoms. The fourth-order valence-corrected chi connectivity index (χ4v) is 4.04. The standard InChI is InChI=1S/C14H22N2O3S.ClH/c1-15-13-6-8-16(9-7-13)20(17,18)11-12-4-3-5-14(10-12)19-2;/h3-5,10,13,15H,6-9,11H2,1-2H3;1H. The number of halogens is 1. The largest absolute Gasteiger partial charge is 0.497 e. The molecule has 7 heteroatoms. The third-order valence-corrected chi connectivity index (χ3v) is 5.59. The van der Waals surface area contributed by atoms with Gasteiger partial charge in [0.1, 0.15) is 5.75 Å². The summed E-state index contributed by atoms with van der Waals surface area (Å²) in [6, 6.07) is 7.65. The molecular weight excluding hydrogens is 312 g/mol. The average molecular weight is 335 g/mol. The van der Waals surface area contributed by atoms with Crippen LogP contribution in [0.1, 0.15) is 18.4 Å². The van der Waals surface area contributed by atoms with Gasteiger partial charge in [-0.1, -0.05) is 12.1 Å². The lowest BCUT2D eigenvalue weighted by molar-refractivity contribution is 0.298. The van der Waals surface area contributed by atoms with Crippen molar-refractivity contribution in [3.05, 3.63) is 29.8 Å². The lowest BCUT2D eigenvalue weighted by Crippen LogP contribution is -2.44. The van der Waals surface area contributed by atoms with Crippen LogP contribution in [0.5, 0.6) is 5.75 Å². The van der Waals surface area contributed by atoms with Crippen molar-refractivity contribution in [1.29, 1.82) is 0 Å². The molecule has 0 unspecified atom stereocenters. The molecule has 0 atom stereocenters. The summed E-state index contributed by atoms with van der Waals surface area (Å²) in [5.41, 5.74) is 0.764. The van der Waals surface area contributed by atoms with E-state index in [1.807, 2.05) is 25.2 Å². The summed E-state index contributed by atoms with van der Waals surface area (Å²) in [5, 5.41) is 3.20. The summed E-state index contributed by atoms with van der Waals surface area (Å²) in [5.74, 6) is 0.723. The fourth-order valence-electron chi connectivity index (χ4n) is 2.49. The van der Waals surface area contributed by atoms with Crippen molar-refractivity contribution >= 4 is 22.4 Å². The van der Waals surface area contributed by atoms with E-state index in [2.05, 4.69) is 5.32 Å². The molecule has 0 saturated carbocycles. The second-order valence-electron chi connectivity index (χ2n) is 5.07. The Morgan fingerprint density at radius 2 is 2.00 bits per heavy atom. The van der Waals surface area contributed by atoms with Crippen LogP contribution in [0.15, 0.2) is 24.3 Å². The predicted molar refractivity (Wildman–Crippen MR) is 86.5 cm³/mol. The molecule has 0 aromatic heterocycles. The van der Waals surface area contributed by atoms with Crippen molar-refractivity contribution in [2.75, 3.05) is 27.2 Å². The quantitative estimate of drug-likeness (QED) is 0.889. The van der Waals surface area contributed by atoms with E-state index >= 15 is 0 Å². The Morgan fingerprint density at radius 1 is 1.33 bits per heavy atom. The lowest BCUT2D eigenvalue weighted by Gasteiger charge is -2.31. The van der Waals surface area contributed by atoms with E-state index in [1.54, 1.807) is 17.5 Å². The van der Waals surface area contributed by atoms with Crippen LogP contribution in [0.4, 0.5) is 0 Å². The molecular formula is C14H23ClN2O3S. The van der Waals surface area contributed by atoms with Crippen molar-refractivity contribution in [3.8, 4) is 5.75 Å². The second kappa shape index (κ2) is 7.98. The Labute approximate surface area is 133 Å². The highest BCUT2D eigenvalue weighted by Crippen LogP contribution is 2.20. The first-order chi connectivity index (χ1) is 9.55. The van der Waals surface area contributed by atoms with Gasteiger partial charge in [0, 0.05) is 19.1 Å². The van der Waals surface area contributed by atoms with E-state index in [0.717, 1.165) is 18.4 Å². The van der Waals surface area contributed by atoms with Crippen molar-refractivity contribution < 1.29 is 13.2 Å². The number of sulfonamides is 1. The molecule has 0 amide bonds. The maximum Gasteiger partial charge on any atom is 0.218 e. The number of methoxy groups -OCH3 is 1. The molecule has 1 saturated heterocycles. The first kappa shape index (κ1) is 18.2. The first-order valence-corrected chi connectivity index (χ1v) is 8.44. The molecule has 1 aromatic carbocycles. The smallest absolute Gasteiger partial charge is 0.218 e. The molecule has 1 N–H and O–H groups in total. The highest BCUT2D eigenvalue weighted by Gasteiger charge is 2.27. The summed E-state index contributed by atoms with van der Waals surface area (Å²) >= 11 is 0. The molecule has 1 heterocycles. The van der Waals surface area contributed by atoms with Crippen LogP contribution in [-0.2, 0) is 15.8 Å². The summed E-state index contributed by atoms with van der Waals surface area (Å²) in [6.07, 6.45) is 1.74. The van der Waals surface area contributed by atoms with Gasteiger partial charge in [0.15, 0.2) is 0 Å². The van der Waals surface area contributed by atoms with E-state index in [1.165, 1.54) is 0 Å². The van der Waals surface area contributed by atoms with Crippen LogP contribution >= 0.6 is 12.4 Å². The molecule has 120 valence electrons. The highest BCUT2D eigenvalue weighted by molar-refractivity contribution is 7.88. The SMILES string of the molecule is CNC1CCN(S(=O)(=O)Cc2cccc(OC)c2)CC1.Cl. The van der Waals surface area contributed by atoms with Crippen LogP contribution < -0.4 is 10.1 Å². The van der Waals surface area contributed by atoms with Crippen molar-refractivity contribution in [3.63, 3.8) is 0 Å². The van der Waals surface area contributed by atoms with Gasteiger partial charge in [-0.25, -0.2) is 12.7 Å². The molecule has 5 nitrogen and oxygen atoms in total. The number of nitrogens with one attached hydrogen (secondary N) is 1. The van der Waals surface area contributed by atoms with Gasteiger partial charge >= 0.3 is 0 Å². The molecule has 0 spiro atoms. The highest BCUT2D eigenvalue weighted by atomic mass is 35.5. The Balaban J connectivity index is 0.00000220. The Hall–Kier alpha value is -0.820. The summed E-state index contributed by atoms with van der Waals surface area (Å²) in [7, 11) is 0.258. The van der Waals surface area contributed by atoms with Gasteiger partial charge in [-0.2, -0.15) is 0 Å². The van der Waals surface area contributed by atoms with Crippen molar-refractivity contribution in [2.24, 2.45) is 0 Å². The minimum Gasteiger partial charge on any atom is -0.497 e. The van der Waals surface area contributed by atoms with Crippen LogP contribution in [-0.4, -0.2) is 46.0 Å². The topological polar surface area (TPSA) is 58.6 Å². The Bertz CT molecular complexity index is 543. The van der Waals surface area contributed by atoms with E-state index in [9.17, 15) is 8.42 Å². The maximum atomic E-state index is 12.4. The van der Waals surface area contributed by atoms with Crippen LogP contribution in [0, 0.1) is 0 Å². The third-order valence-electron chi connectivity index (χ3n) is 3.74. The van der Waals surface area contributed by atoms with Crippen LogP contribution in [0.3, 0.4) is 0 Å². The van der Waals surface area contributed by atoms with E-state index in [4.69, 9.17) is 4.74 Å². The van der Waals surface area contributed by atoms with Gasteiger partial charge in [0.2, 0.25) is 10.0 Å². The number of hydrogen-bond donors (Lipinski definition) is 1. The number of hydrogen-bond acceptors (Lipinski definition) is 4. The van der Waals surface area contributed by atoms with Gasteiger partial charge in [-0.15, -0.1) is 12.4 Å². The van der Waals surface area contributed by atoms with Gasteiger partial charge in [0.25, 0.3) is 0 Å². The second-order valence-corrected chi connectivity index (χ2v) is 7.04. The normalized spacial score (nSPS) is 17.2. The van der Waals surface area contributed by atoms with Gasteiger partial charge in [-0.05, 0) is 37.6 Å². The molecule has 0 aliphatic carbocycles. The molecule has 1 fully saturated rings. The Morgan fingerprint density at radius 3 is 2.57 bits per heavy atom. The molecule has 1 aliphatic rings. The number of ether oxygens (including phenoxy) is 1. The maximum absolute atomic E-state index is 12.4. The zero-order chi connectivity index (χ0) is 14.6. The van der Waals surface area contributed by atoms with Crippen molar-refractivity contribution in [2.45, 2.75) is 24.6 Å². The summed E-state index contributed by atoms with van der Waals surface area (Å²) in [6.45, 7) is 1.19. The van der Waals surface area contributed by atoms with E-state index < -0.39 is 10.0 Å². The first-order valence-electron chi connectivity index (χ1n) is 6.83. The minimum atomic E-state index is -3.24. The number of nitrogens with zero attached hydrogens (tertiary/aromatic N) is 1. The molecule has 2 rings (SSSR count). The molecule has 0 bridgehead atoms. The monoisotopic (exact) mass is 334 g/mol. The molecule has 0 radical (unpaired) electrons. The number of piperidine rings is 1. The molecule has 1 aliphatic heterocycles. The molecule has 1 aromatic rings. The number of rotatable bonds is 5. The minimum absolute atomic E-state index is 0.